The molecule has 1 N–H and O–H groups in total. The van der Waals surface area contributed by atoms with E-state index in [1.165, 1.54) is 193 Å². The van der Waals surface area contributed by atoms with E-state index < -0.39 is 26.5 Å². The highest BCUT2D eigenvalue weighted by molar-refractivity contribution is 7.47. The Balaban J connectivity index is 3.96. The summed E-state index contributed by atoms with van der Waals surface area (Å²) in [5.74, 6) is -0.791. The van der Waals surface area contributed by atoms with Gasteiger partial charge in [0.1, 0.15) is 19.8 Å². The molecule has 0 spiro atoms. The van der Waals surface area contributed by atoms with Crippen molar-refractivity contribution in [2.24, 2.45) is 0 Å². The maximum atomic E-state index is 12.9. The molecule has 0 radical (unpaired) electrons. The molecule has 0 aromatic rings. The number of carbonyl (C=O) groups is 2. The van der Waals surface area contributed by atoms with Crippen LogP contribution < -0.4 is 0 Å². The van der Waals surface area contributed by atoms with Crippen molar-refractivity contribution in [1.82, 2.24) is 0 Å². The minimum absolute atomic E-state index is 0.0291. The van der Waals surface area contributed by atoms with Gasteiger partial charge in [-0.25, -0.2) is 4.57 Å². The van der Waals surface area contributed by atoms with E-state index in [-0.39, 0.29) is 32.0 Å². The third kappa shape index (κ3) is 73.5. The van der Waals surface area contributed by atoms with Crippen LogP contribution in [0, 0.1) is 0 Å². The highest BCUT2D eigenvalue weighted by Gasteiger charge is 2.27. The first kappa shape index (κ1) is 86.4. The molecule has 2 atom stereocenters. The van der Waals surface area contributed by atoms with E-state index in [0.29, 0.717) is 17.4 Å². The molecule has 90 heavy (non-hydrogen) atoms. The zero-order valence-corrected chi connectivity index (χ0v) is 60.0. The molecule has 518 valence electrons. The third-order valence-electron chi connectivity index (χ3n) is 16.0. The molecule has 0 heterocycles. The van der Waals surface area contributed by atoms with Crippen molar-refractivity contribution in [3.05, 3.63) is 122 Å². The van der Waals surface area contributed by atoms with E-state index in [0.717, 1.165) is 96.3 Å². The Bertz CT molecular complexity index is 1940. The van der Waals surface area contributed by atoms with Crippen LogP contribution in [-0.4, -0.2) is 74.9 Å². The van der Waals surface area contributed by atoms with Crippen molar-refractivity contribution >= 4 is 19.8 Å². The molecule has 0 aromatic carbocycles. The van der Waals surface area contributed by atoms with Crippen molar-refractivity contribution < 1.29 is 42.1 Å². The number of phosphoric acid groups is 1. The van der Waals surface area contributed by atoms with Crippen molar-refractivity contribution in [2.75, 3.05) is 47.5 Å². The van der Waals surface area contributed by atoms with E-state index in [1.807, 2.05) is 21.1 Å². The van der Waals surface area contributed by atoms with Gasteiger partial charge in [0.05, 0.1) is 27.7 Å². The summed E-state index contributed by atoms with van der Waals surface area (Å²) in [6.07, 6.45) is 100. The standard InChI is InChI=1S/C80H140NO8P/c1-6-8-10-12-14-16-18-20-22-24-26-28-30-32-33-34-35-36-37-38-39-40-41-42-43-44-45-46-47-49-51-53-55-57-59-61-63-65-67-69-71-73-80(83)89-78(77-88-90(84,85)87-75-74-81(3,4)5)76-86-79(82)72-70-68-66-64-62-60-58-56-54-52-50-48-31-29-27-25-23-21-19-17-15-13-11-9-7-2/h8-11,14-17,20-23,26-29,32-33,35-36,78H,6-7,12-13,18-19,24-25,30-31,34,37-77H2,1-5H3/p+1/b10-8-,11-9-,16-14-,17-15-,22-20-,23-21-,28-26-,29-27-,33-32-,36-35-. The van der Waals surface area contributed by atoms with Gasteiger partial charge in [0, 0.05) is 12.8 Å². The molecule has 0 fully saturated rings. The van der Waals surface area contributed by atoms with Crippen LogP contribution in [0.4, 0.5) is 0 Å². The summed E-state index contributed by atoms with van der Waals surface area (Å²) in [4.78, 5) is 35.9. The molecule has 0 saturated carbocycles. The zero-order chi connectivity index (χ0) is 65.5. The fourth-order valence-electron chi connectivity index (χ4n) is 10.4. The van der Waals surface area contributed by atoms with Crippen molar-refractivity contribution in [3.8, 4) is 0 Å². The second-order valence-electron chi connectivity index (χ2n) is 25.9. The Morgan fingerprint density at radius 3 is 0.889 bits per heavy atom. The number of hydrogen-bond acceptors (Lipinski definition) is 7. The number of likely N-dealkylation sites (N-methyl/N-ethyl adjacent to an activating group) is 1. The molecule has 2 unspecified atom stereocenters. The molecular formula is C80H141NO8P+. The summed E-state index contributed by atoms with van der Waals surface area (Å²) in [7, 11) is 1.48. The maximum Gasteiger partial charge on any atom is 0.472 e. The first-order chi connectivity index (χ1) is 44.0. The molecule has 0 aromatic heterocycles. The number of hydrogen-bond donors (Lipinski definition) is 1. The lowest BCUT2D eigenvalue weighted by atomic mass is 10.0. The predicted octanol–water partition coefficient (Wildman–Crippen LogP) is 24.6. The monoisotopic (exact) mass is 1280 g/mol. The molecule has 0 bridgehead atoms. The molecule has 0 aliphatic heterocycles. The van der Waals surface area contributed by atoms with Crippen LogP contribution in [0.25, 0.3) is 0 Å². The first-order valence-corrected chi connectivity index (χ1v) is 38.8. The summed E-state index contributed by atoms with van der Waals surface area (Å²) in [5.41, 5.74) is 0. The van der Waals surface area contributed by atoms with Gasteiger partial charge in [0.25, 0.3) is 0 Å². The van der Waals surface area contributed by atoms with Crippen LogP contribution in [0.3, 0.4) is 0 Å². The number of phosphoric ester groups is 1. The number of esters is 2. The van der Waals surface area contributed by atoms with Crippen LogP contribution in [0.1, 0.15) is 322 Å². The summed E-state index contributed by atoms with van der Waals surface area (Å²) in [6, 6.07) is 0. The topological polar surface area (TPSA) is 108 Å². The van der Waals surface area contributed by atoms with Crippen LogP contribution >= 0.6 is 7.82 Å². The van der Waals surface area contributed by atoms with Gasteiger partial charge < -0.3 is 18.9 Å². The Kier molecular flexibility index (Phi) is 67.0. The molecule has 9 nitrogen and oxygen atoms in total. The quantitative estimate of drug-likeness (QED) is 0.0211. The largest absolute Gasteiger partial charge is 0.472 e. The van der Waals surface area contributed by atoms with Gasteiger partial charge in [-0.3, -0.25) is 18.6 Å². The number of unbranched alkanes of at least 4 members (excludes halogenated alkanes) is 34. The highest BCUT2D eigenvalue weighted by Crippen LogP contribution is 2.43. The van der Waals surface area contributed by atoms with Crippen LogP contribution in [0.2, 0.25) is 0 Å². The number of nitrogens with zero attached hydrogens (tertiary/aromatic N) is 1. The van der Waals surface area contributed by atoms with Crippen molar-refractivity contribution in [3.63, 3.8) is 0 Å². The van der Waals surface area contributed by atoms with Crippen LogP contribution in [0.15, 0.2) is 122 Å². The van der Waals surface area contributed by atoms with Crippen LogP contribution in [-0.2, 0) is 32.7 Å². The summed E-state index contributed by atoms with van der Waals surface area (Å²) in [5, 5.41) is 0. The maximum absolute atomic E-state index is 12.9. The van der Waals surface area contributed by atoms with Gasteiger partial charge >= 0.3 is 19.8 Å². The van der Waals surface area contributed by atoms with Crippen molar-refractivity contribution in [1.29, 1.82) is 0 Å². The van der Waals surface area contributed by atoms with Gasteiger partial charge in [-0.05, 0) is 103 Å². The molecule has 10 heteroatoms. The lowest BCUT2D eigenvalue weighted by Crippen LogP contribution is -2.37. The van der Waals surface area contributed by atoms with E-state index in [4.69, 9.17) is 18.5 Å². The Morgan fingerprint density at radius 1 is 0.344 bits per heavy atom. The minimum Gasteiger partial charge on any atom is -0.462 e. The van der Waals surface area contributed by atoms with E-state index in [9.17, 15) is 19.0 Å². The Hall–Kier alpha value is -3.59. The Morgan fingerprint density at radius 2 is 0.600 bits per heavy atom. The van der Waals surface area contributed by atoms with Crippen LogP contribution in [0.5, 0.6) is 0 Å². The predicted molar refractivity (Wildman–Crippen MR) is 390 cm³/mol. The SMILES string of the molecule is CC/C=C\C/C=C\C/C=C\C/C=C\C/C=C\C/C=C\CCCCCCCCCCCCCCCCCCCCCCCCC(=O)OC(COC(=O)CCCCCCCCCCCCCC/C=C\C/C=C\C/C=C\C/C=C\CC)COP(=O)(O)OCC[N+](C)(C)C. The van der Waals surface area contributed by atoms with Gasteiger partial charge in [-0.2, -0.15) is 0 Å². The second-order valence-corrected chi connectivity index (χ2v) is 27.4. The summed E-state index contributed by atoms with van der Waals surface area (Å²) >= 11 is 0. The summed E-state index contributed by atoms with van der Waals surface area (Å²) < 4.78 is 34.8. The van der Waals surface area contributed by atoms with Gasteiger partial charge in [0.2, 0.25) is 0 Å². The molecular weight excluding hydrogens is 1130 g/mol. The van der Waals surface area contributed by atoms with Crippen molar-refractivity contribution in [2.45, 2.75) is 328 Å². The zero-order valence-electron chi connectivity index (χ0n) is 59.1. The highest BCUT2D eigenvalue weighted by atomic mass is 31.2. The average molecular weight is 1280 g/mol. The van der Waals surface area contributed by atoms with Gasteiger partial charge in [-0.15, -0.1) is 0 Å². The molecule has 0 aliphatic carbocycles. The van der Waals surface area contributed by atoms with E-state index in [2.05, 4.69) is 135 Å². The lowest BCUT2D eigenvalue weighted by Gasteiger charge is -2.24. The lowest BCUT2D eigenvalue weighted by molar-refractivity contribution is -0.870. The Labute approximate surface area is 556 Å². The minimum atomic E-state index is -4.40. The smallest absolute Gasteiger partial charge is 0.462 e. The normalized spacial score (nSPS) is 13.8. The number of allylic oxidation sites excluding steroid dienone is 20. The number of quaternary nitrogens is 1. The number of carbonyl (C=O) groups excluding carboxylic acids is 2. The van der Waals surface area contributed by atoms with E-state index in [1.54, 1.807) is 0 Å². The molecule has 0 aliphatic rings. The van der Waals surface area contributed by atoms with Gasteiger partial charge in [0.15, 0.2) is 6.10 Å². The first-order valence-electron chi connectivity index (χ1n) is 37.3. The van der Waals surface area contributed by atoms with Gasteiger partial charge in [-0.1, -0.05) is 328 Å². The fraction of sp³-hybridized carbons (Fsp3) is 0.725. The second kappa shape index (κ2) is 69.7. The summed E-state index contributed by atoms with van der Waals surface area (Å²) in [6.45, 7) is 4.24. The molecule has 0 amide bonds. The molecule has 0 rings (SSSR count). The average Bonchev–Trinajstić information content (AvgIpc) is 3.62. The number of ether oxygens (including phenoxy) is 2. The molecule has 0 saturated heterocycles. The number of rotatable bonds is 68. The third-order valence-corrected chi connectivity index (χ3v) is 17.0. The van der Waals surface area contributed by atoms with E-state index >= 15 is 0 Å². The fourth-order valence-corrected chi connectivity index (χ4v) is 11.1.